The molecule has 0 radical (unpaired) electrons. The summed E-state index contributed by atoms with van der Waals surface area (Å²) in [7, 11) is 0. The molecular formula is C19H15BrClN3O2S. The van der Waals surface area contributed by atoms with Crippen molar-refractivity contribution in [1.29, 1.82) is 0 Å². The van der Waals surface area contributed by atoms with Crippen molar-refractivity contribution in [3.63, 3.8) is 0 Å². The maximum atomic E-state index is 11.5. The van der Waals surface area contributed by atoms with E-state index >= 15 is 0 Å². The zero-order valence-electron chi connectivity index (χ0n) is 14.2. The van der Waals surface area contributed by atoms with Crippen LogP contribution in [0.4, 0.5) is 11.5 Å². The van der Waals surface area contributed by atoms with E-state index in [2.05, 4.69) is 31.2 Å². The Labute approximate surface area is 174 Å². The van der Waals surface area contributed by atoms with E-state index in [9.17, 15) is 9.90 Å². The number of carboxylic acid groups (broad SMARTS) is 1. The number of thioether (sulfide) groups is 1. The number of hydrogen-bond donors (Lipinski definition) is 2. The summed E-state index contributed by atoms with van der Waals surface area (Å²) >= 11 is 11.0. The summed E-state index contributed by atoms with van der Waals surface area (Å²) < 4.78 is 0.695. The van der Waals surface area contributed by atoms with Crippen LogP contribution in [0.25, 0.3) is 0 Å². The summed E-state index contributed by atoms with van der Waals surface area (Å²) in [6.07, 6.45) is 0. The van der Waals surface area contributed by atoms with Crippen LogP contribution in [-0.4, -0.2) is 21.0 Å². The number of anilines is 2. The van der Waals surface area contributed by atoms with E-state index in [-0.39, 0.29) is 5.56 Å². The van der Waals surface area contributed by atoms with Gasteiger partial charge in [0.25, 0.3) is 0 Å². The van der Waals surface area contributed by atoms with E-state index in [1.54, 1.807) is 24.3 Å². The zero-order valence-corrected chi connectivity index (χ0v) is 17.4. The number of nitrogens with one attached hydrogen (secondary N) is 1. The van der Waals surface area contributed by atoms with Gasteiger partial charge >= 0.3 is 5.97 Å². The first-order chi connectivity index (χ1) is 12.9. The van der Waals surface area contributed by atoms with E-state index < -0.39 is 5.97 Å². The van der Waals surface area contributed by atoms with Gasteiger partial charge in [0, 0.05) is 27.0 Å². The minimum absolute atomic E-state index is 0.158. The molecule has 138 valence electrons. The second kappa shape index (κ2) is 8.73. The number of aromatic nitrogens is 2. The summed E-state index contributed by atoms with van der Waals surface area (Å²) in [5.41, 5.74) is 2.41. The average molecular weight is 465 g/mol. The minimum Gasteiger partial charge on any atom is -0.478 e. The topological polar surface area (TPSA) is 75.1 Å². The molecule has 1 heterocycles. The number of carbonyl (C=O) groups is 1. The highest BCUT2D eigenvalue weighted by atomic mass is 79.9. The second-order valence-corrected chi connectivity index (χ2v) is 7.94. The van der Waals surface area contributed by atoms with Crippen molar-refractivity contribution in [3.05, 3.63) is 74.8 Å². The van der Waals surface area contributed by atoms with E-state index in [4.69, 9.17) is 11.6 Å². The molecule has 3 rings (SSSR count). The fourth-order valence-electron chi connectivity index (χ4n) is 2.37. The lowest BCUT2D eigenvalue weighted by Crippen LogP contribution is -2.05. The lowest BCUT2D eigenvalue weighted by molar-refractivity contribution is 0.0698. The van der Waals surface area contributed by atoms with Gasteiger partial charge in [-0.2, -0.15) is 0 Å². The summed E-state index contributed by atoms with van der Waals surface area (Å²) in [4.78, 5) is 20.4. The molecule has 0 saturated heterocycles. The zero-order chi connectivity index (χ0) is 19.4. The van der Waals surface area contributed by atoms with Crippen LogP contribution in [-0.2, 0) is 5.75 Å². The van der Waals surface area contributed by atoms with Crippen LogP contribution in [0.3, 0.4) is 0 Å². The number of aromatic carboxylic acids is 1. The average Bonchev–Trinajstić information content (AvgIpc) is 2.62. The van der Waals surface area contributed by atoms with Gasteiger partial charge in [-0.1, -0.05) is 57.5 Å². The molecule has 0 amide bonds. The lowest BCUT2D eigenvalue weighted by atomic mass is 10.2. The third-order valence-corrected chi connectivity index (χ3v) is 5.38. The van der Waals surface area contributed by atoms with Gasteiger partial charge < -0.3 is 10.4 Å². The molecule has 0 unspecified atom stereocenters. The van der Waals surface area contributed by atoms with Crippen LogP contribution in [0.15, 0.2) is 58.2 Å². The van der Waals surface area contributed by atoms with Crippen molar-refractivity contribution in [1.82, 2.24) is 9.97 Å². The van der Waals surface area contributed by atoms with Crippen molar-refractivity contribution in [2.24, 2.45) is 0 Å². The van der Waals surface area contributed by atoms with Crippen molar-refractivity contribution < 1.29 is 9.90 Å². The lowest BCUT2D eigenvalue weighted by Gasteiger charge is -2.11. The van der Waals surface area contributed by atoms with E-state index in [0.717, 1.165) is 11.3 Å². The summed E-state index contributed by atoms with van der Waals surface area (Å²) in [6, 6.07) is 14.4. The molecular weight excluding hydrogens is 450 g/mol. The Hall–Kier alpha value is -2.09. The molecule has 27 heavy (non-hydrogen) atoms. The molecule has 1 aromatic heterocycles. The Bertz CT molecular complexity index is 1000. The molecule has 0 atom stereocenters. The normalized spacial score (nSPS) is 10.6. The van der Waals surface area contributed by atoms with Crippen molar-refractivity contribution >= 4 is 56.8 Å². The van der Waals surface area contributed by atoms with Crippen LogP contribution in [0, 0.1) is 6.92 Å². The Morgan fingerprint density at radius 2 is 2.00 bits per heavy atom. The molecule has 2 N–H and O–H groups in total. The molecule has 3 aromatic rings. The maximum absolute atomic E-state index is 11.5. The third kappa shape index (κ3) is 5.22. The van der Waals surface area contributed by atoms with Crippen LogP contribution in [0.1, 0.15) is 21.6 Å². The van der Waals surface area contributed by atoms with Crippen molar-refractivity contribution in [2.75, 3.05) is 5.32 Å². The number of aryl methyl sites for hydroxylation is 1. The Morgan fingerprint density at radius 1 is 1.22 bits per heavy atom. The number of carboxylic acids is 1. The Kier molecular flexibility index (Phi) is 6.36. The number of rotatable bonds is 6. The number of nitrogens with zero attached hydrogens (tertiary/aromatic N) is 2. The third-order valence-electron chi connectivity index (χ3n) is 3.62. The predicted molar refractivity (Wildman–Crippen MR) is 112 cm³/mol. The number of hydrogen-bond acceptors (Lipinski definition) is 5. The fourth-order valence-corrected chi connectivity index (χ4v) is 3.92. The van der Waals surface area contributed by atoms with Gasteiger partial charge in [0.05, 0.1) is 11.3 Å². The van der Waals surface area contributed by atoms with Gasteiger partial charge in [0.1, 0.15) is 5.82 Å². The van der Waals surface area contributed by atoms with Gasteiger partial charge in [-0.25, -0.2) is 14.8 Å². The smallest absolute Gasteiger partial charge is 0.337 e. The first-order valence-corrected chi connectivity index (χ1v) is 10.1. The monoisotopic (exact) mass is 463 g/mol. The summed E-state index contributed by atoms with van der Waals surface area (Å²) in [5.74, 6) is 0.160. The van der Waals surface area contributed by atoms with E-state index in [1.165, 1.54) is 11.8 Å². The molecule has 0 spiro atoms. The Balaban J connectivity index is 1.82. The van der Waals surface area contributed by atoms with Gasteiger partial charge in [-0.3, -0.25) is 0 Å². The van der Waals surface area contributed by atoms with Gasteiger partial charge in [0.15, 0.2) is 5.16 Å². The first-order valence-electron chi connectivity index (χ1n) is 7.94. The van der Waals surface area contributed by atoms with E-state index in [0.29, 0.717) is 31.9 Å². The molecule has 8 heteroatoms. The highest BCUT2D eigenvalue weighted by Gasteiger charge is 2.12. The SMILES string of the molecule is Cc1cc(Nc2ccc(Br)cc2C(=O)O)nc(SCc2ccccc2Cl)n1. The van der Waals surface area contributed by atoms with E-state index in [1.807, 2.05) is 31.2 Å². The van der Waals surface area contributed by atoms with Gasteiger partial charge in [-0.15, -0.1) is 0 Å². The second-order valence-electron chi connectivity index (χ2n) is 5.68. The molecule has 0 bridgehead atoms. The molecule has 0 aliphatic heterocycles. The van der Waals surface area contributed by atoms with Crippen molar-refractivity contribution in [2.45, 2.75) is 17.8 Å². The molecule has 0 fully saturated rings. The van der Waals surface area contributed by atoms with Crippen LogP contribution in [0.5, 0.6) is 0 Å². The fraction of sp³-hybridized carbons (Fsp3) is 0.105. The molecule has 0 saturated carbocycles. The maximum Gasteiger partial charge on any atom is 0.337 e. The van der Waals surface area contributed by atoms with Crippen molar-refractivity contribution in [3.8, 4) is 0 Å². The van der Waals surface area contributed by atoms with Gasteiger partial charge in [0.2, 0.25) is 0 Å². The highest BCUT2D eigenvalue weighted by molar-refractivity contribution is 9.10. The molecule has 0 aliphatic rings. The van der Waals surface area contributed by atoms with Crippen LogP contribution >= 0.6 is 39.3 Å². The highest BCUT2D eigenvalue weighted by Crippen LogP contribution is 2.28. The van der Waals surface area contributed by atoms with Crippen LogP contribution < -0.4 is 5.32 Å². The molecule has 2 aromatic carbocycles. The minimum atomic E-state index is -1.02. The number of halogens is 2. The summed E-state index contributed by atoms with van der Waals surface area (Å²) in [6.45, 7) is 1.87. The summed E-state index contributed by atoms with van der Waals surface area (Å²) in [5, 5.41) is 13.8. The predicted octanol–water partition coefficient (Wildman–Crippen LogP) is 5.94. The molecule has 0 aliphatic carbocycles. The van der Waals surface area contributed by atoms with Crippen LogP contribution in [0.2, 0.25) is 5.02 Å². The number of benzene rings is 2. The quantitative estimate of drug-likeness (QED) is 0.347. The Morgan fingerprint density at radius 3 is 2.74 bits per heavy atom. The standard InChI is InChI=1S/C19H15BrClN3O2S/c1-11-8-17(23-16-7-6-13(20)9-14(16)18(25)26)24-19(22-11)27-10-12-4-2-3-5-15(12)21/h2-9H,10H2,1H3,(H,25,26)(H,22,23,24). The molecule has 5 nitrogen and oxygen atoms in total. The largest absolute Gasteiger partial charge is 0.478 e. The van der Waals surface area contributed by atoms with Gasteiger partial charge in [-0.05, 0) is 36.8 Å². The first kappa shape index (κ1) is 19.7.